The van der Waals surface area contributed by atoms with E-state index in [0.717, 1.165) is 30.6 Å². The molecule has 1 atom stereocenters. The van der Waals surface area contributed by atoms with Crippen molar-refractivity contribution in [3.8, 4) is 0 Å². The third kappa shape index (κ3) is 6.32. The Hall–Kier alpha value is -2.99. The summed E-state index contributed by atoms with van der Waals surface area (Å²) in [5, 5.41) is 5.23. The van der Waals surface area contributed by atoms with Crippen LogP contribution in [0.15, 0.2) is 66.2 Å². The average Bonchev–Trinajstić information content (AvgIpc) is 3.36. The maximum absolute atomic E-state index is 13.7. The number of thiophene rings is 1. The molecule has 2 heterocycles. The highest BCUT2D eigenvalue weighted by Gasteiger charge is 2.33. The Morgan fingerprint density at radius 2 is 1.85 bits per heavy atom. The van der Waals surface area contributed by atoms with Crippen molar-refractivity contribution in [3.05, 3.63) is 87.9 Å². The van der Waals surface area contributed by atoms with E-state index in [4.69, 9.17) is 0 Å². The van der Waals surface area contributed by atoms with E-state index in [1.165, 1.54) is 17.5 Å². The van der Waals surface area contributed by atoms with Crippen molar-refractivity contribution in [2.24, 2.45) is 0 Å². The zero-order valence-corrected chi connectivity index (χ0v) is 20.6. The van der Waals surface area contributed by atoms with E-state index in [2.05, 4.69) is 29.4 Å². The minimum atomic E-state index is -0.750. The van der Waals surface area contributed by atoms with Crippen molar-refractivity contribution in [2.75, 3.05) is 6.54 Å². The number of hydrogen-bond acceptors (Lipinski definition) is 4. The highest BCUT2D eigenvalue weighted by Crippen LogP contribution is 2.25. The van der Waals surface area contributed by atoms with Gasteiger partial charge in [0.15, 0.2) is 6.04 Å². The Morgan fingerprint density at radius 3 is 2.56 bits per heavy atom. The highest BCUT2D eigenvalue weighted by atomic mass is 32.1. The molecule has 0 aliphatic heterocycles. The SMILES string of the molecule is Cc1ccccc1CCN(C(=O)Cc1cccs1)[C@@H](C(=O)NC1CCCCC1)c1ccccn1. The number of nitrogens with zero attached hydrogens (tertiary/aromatic N) is 2. The van der Waals surface area contributed by atoms with Gasteiger partial charge in [-0.2, -0.15) is 0 Å². The Balaban J connectivity index is 1.63. The van der Waals surface area contributed by atoms with Gasteiger partial charge in [-0.25, -0.2) is 0 Å². The molecule has 1 aromatic carbocycles. The molecular weight excluding hydrogens is 442 g/mol. The van der Waals surface area contributed by atoms with Gasteiger partial charge in [0.1, 0.15) is 0 Å². The predicted octanol–water partition coefficient (Wildman–Crippen LogP) is 5.26. The molecule has 2 amide bonds. The molecule has 34 heavy (non-hydrogen) atoms. The number of carbonyl (C=O) groups is 2. The minimum absolute atomic E-state index is 0.0505. The largest absolute Gasteiger partial charge is 0.351 e. The van der Waals surface area contributed by atoms with Crippen LogP contribution in [0.1, 0.15) is 59.8 Å². The number of nitrogens with one attached hydrogen (secondary N) is 1. The first-order valence-electron chi connectivity index (χ1n) is 12.2. The van der Waals surface area contributed by atoms with Gasteiger partial charge in [0, 0.05) is 23.7 Å². The van der Waals surface area contributed by atoms with Crippen LogP contribution in [0.4, 0.5) is 0 Å². The molecule has 178 valence electrons. The topological polar surface area (TPSA) is 62.3 Å². The number of hydrogen-bond donors (Lipinski definition) is 1. The molecule has 1 N–H and O–H groups in total. The summed E-state index contributed by atoms with van der Waals surface area (Å²) in [6.07, 6.45) is 8.13. The molecule has 1 aliphatic rings. The molecule has 1 saturated carbocycles. The molecule has 6 heteroatoms. The van der Waals surface area contributed by atoms with Crippen molar-refractivity contribution in [2.45, 2.75) is 64.0 Å². The van der Waals surface area contributed by atoms with Gasteiger partial charge in [0.2, 0.25) is 11.8 Å². The Kier molecular flexibility index (Phi) is 8.47. The molecular formula is C28H33N3O2S. The summed E-state index contributed by atoms with van der Waals surface area (Å²) in [6.45, 7) is 2.54. The van der Waals surface area contributed by atoms with Gasteiger partial charge in [-0.15, -0.1) is 11.3 Å². The standard InChI is InChI=1S/C28H33N3O2S/c1-21-10-5-6-11-22(21)16-18-31(26(32)20-24-14-9-19-34-24)27(25-15-7-8-17-29-25)28(33)30-23-12-3-2-4-13-23/h5-11,14-15,17,19,23,27H,2-4,12-13,16,18,20H2,1H3,(H,30,33)/t27-/m1/s1. The molecule has 0 bridgehead atoms. The van der Waals surface area contributed by atoms with E-state index in [0.29, 0.717) is 18.7 Å². The van der Waals surface area contributed by atoms with Gasteiger partial charge in [0.25, 0.3) is 0 Å². The van der Waals surface area contributed by atoms with Gasteiger partial charge >= 0.3 is 0 Å². The third-order valence-electron chi connectivity index (χ3n) is 6.59. The number of aromatic nitrogens is 1. The second kappa shape index (κ2) is 11.9. The van der Waals surface area contributed by atoms with Crippen LogP contribution in [-0.4, -0.2) is 34.3 Å². The van der Waals surface area contributed by atoms with E-state index in [1.807, 2.05) is 47.8 Å². The lowest BCUT2D eigenvalue weighted by molar-refractivity contribution is -0.141. The second-order valence-corrected chi connectivity index (χ2v) is 10.1. The molecule has 2 aromatic heterocycles. The lowest BCUT2D eigenvalue weighted by Crippen LogP contribution is -2.48. The second-order valence-electron chi connectivity index (χ2n) is 9.02. The number of pyridine rings is 1. The maximum atomic E-state index is 13.7. The van der Waals surface area contributed by atoms with Crippen molar-refractivity contribution in [3.63, 3.8) is 0 Å². The summed E-state index contributed by atoms with van der Waals surface area (Å²) in [7, 11) is 0. The quantitative estimate of drug-likeness (QED) is 0.459. The first-order chi connectivity index (χ1) is 16.6. The summed E-state index contributed by atoms with van der Waals surface area (Å²) in [6, 6.07) is 17.1. The average molecular weight is 476 g/mol. The van der Waals surface area contributed by atoms with Crippen LogP contribution in [0.25, 0.3) is 0 Å². The highest BCUT2D eigenvalue weighted by molar-refractivity contribution is 7.10. The van der Waals surface area contributed by atoms with Crippen molar-refractivity contribution >= 4 is 23.2 Å². The smallest absolute Gasteiger partial charge is 0.249 e. The van der Waals surface area contributed by atoms with Crippen LogP contribution in [0.5, 0.6) is 0 Å². The van der Waals surface area contributed by atoms with E-state index in [-0.39, 0.29) is 24.3 Å². The first-order valence-corrected chi connectivity index (χ1v) is 13.1. The van der Waals surface area contributed by atoms with Crippen molar-refractivity contribution in [1.82, 2.24) is 15.2 Å². The molecule has 3 aromatic rings. The number of rotatable bonds is 9. The summed E-state index contributed by atoms with van der Waals surface area (Å²) in [4.78, 5) is 34.6. The number of benzene rings is 1. The van der Waals surface area contributed by atoms with Crippen LogP contribution in [0.2, 0.25) is 0 Å². The summed E-state index contributed by atoms with van der Waals surface area (Å²) >= 11 is 1.57. The third-order valence-corrected chi connectivity index (χ3v) is 7.47. The summed E-state index contributed by atoms with van der Waals surface area (Å²) < 4.78 is 0. The normalized spacial score (nSPS) is 15.0. The fourth-order valence-electron chi connectivity index (χ4n) is 4.69. The zero-order valence-electron chi connectivity index (χ0n) is 19.8. The first kappa shape index (κ1) is 24.1. The minimum Gasteiger partial charge on any atom is -0.351 e. The van der Waals surface area contributed by atoms with Crippen LogP contribution < -0.4 is 5.32 Å². The summed E-state index contributed by atoms with van der Waals surface area (Å²) in [5.74, 6) is -0.180. The van der Waals surface area contributed by atoms with Gasteiger partial charge in [-0.1, -0.05) is 55.7 Å². The molecule has 0 saturated heterocycles. The van der Waals surface area contributed by atoms with E-state index in [9.17, 15) is 9.59 Å². The molecule has 0 spiro atoms. The van der Waals surface area contributed by atoms with Crippen LogP contribution in [0, 0.1) is 6.92 Å². The lowest BCUT2D eigenvalue weighted by atomic mass is 9.95. The Morgan fingerprint density at radius 1 is 1.06 bits per heavy atom. The lowest BCUT2D eigenvalue weighted by Gasteiger charge is -2.33. The number of aryl methyl sites for hydroxylation is 1. The van der Waals surface area contributed by atoms with E-state index >= 15 is 0 Å². The number of carbonyl (C=O) groups excluding carboxylic acids is 2. The molecule has 0 radical (unpaired) electrons. The molecule has 4 rings (SSSR count). The predicted molar refractivity (Wildman–Crippen MR) is 137 cm³/mol. The van der Waals surface area contributed by atoms with Gasteiger partial charge in [-0.3, -0.25) is 14.6 Å². The van der Waals surface area contributed by atoms with Crippen LogP contribution >= 0.6 is 11.3 Å². The van der Waals surface area contributed by atoms with Crippen molar-refractivity contribution in [1.29, 1.82) is 0 Å². The molecule has 5 nitrogen and oxygen atoms in total. The summed E-state index contributed by atoms with van der Waals surface area (Å²) in [5.41, 5.74) is 2.98. The van der Waals surface area contributed by atoms with Gasteiger partial charge < -0.3 is 10.2 Å². The zero-order chi connectivity index (χ0) is 23.8. The molecule has 1 fully saturated rings. The maximum Gasteiger partial charge on any atom is 0.249 e. The molecule has 0 unspecified atom stereocenters. The van der Waals surface area contributed by atoms with E-state index < -0.39 is 6.04 Å². The fourth-order valence-corrected chi connectivity index (χ4v) is 5.39. The van der Waals surface area contributed by atoms with Gasteiger partial charge in [0.05, 0.1) is 12.1 Å². The number of amides is 2. The van der Waals surface area contributed by atoms with Gasteiger partial charge in [-0.05, 0) is 60.9 Å². The van der Waals surface area contributed by atoms with Crippen LogP contribution in [-0.2, 0) is 22.4 Å². The monoisotopic (exact) mass is 475 g/mol. The van der Waals surface area contributed by atoms with Crippen LogP contribution in [0.3, 0.4) is 0 Å². The van der Waals surface area contributed by atoms with E-state index in [1.54, 1.807) is 22.4 Å². The van der Waals surface area contributed by atoms with Crippen molar-refractivity contribution < 1.29 is 9.59 Å². The Bertz CT molecular complexity index is 1060. The molecule has 1 aliphatic carbocycles. The Labute approximate surface area is 206 Å². The fraction of sp³-hybridized carbons (Fsp3) is 0.393.